The molecule has 2 heterocycles. The molecule has 0 spiro atoms. The van der Waals surface area contributed by atoms with Crippen LogP contribution in [0, 0.1) is 5.82 Å². The largest absolute Gasteiger partial charge is 0.467 e. The van der Waals surface area contributed by atoms with E-state index in [9.17, 15) is 9.18 Å². The third kappa shape index (κ3) is 5.79. The van der Waals surface area contributed by atoms with E-state index in [1.54, 1.807) is 42.8 Å². The second kappa shape index (κ2) is 10.9. The van der Waals surface area contributed by atoms with E-state index in [4.69, 9.17) is 9.15 Å². The summed E-state index contributed by atoms with van der Waals surface area (Å²) in [4.78, 5) is 15.1. The Bertz CT molecular complexity index is 1430. The minimum Gasteiger partial charge on any atom is -0.467 e. The van der Waals surface area contributed by atoms with Gasteiger partial charge < -0.3 is 9.15 Å². The van der Waals surface area contributed by atoms with Gasteiger partial charge >= 0.3 is 0 Å². The first kappa shape index (κ1) is 23.3. The summed E-state index contributed by atoms with van der Waals surface area (Å²) in [5.74, 6) is 1.47. The first-order chi connectivity index (χ1) is 17.6. The van der Waals surface area contributed by atoms with Gasteiger partial charge in [0.1, 0.15) is 23.1 Å². The topological polar surface area (TPSA) is 67.4 Å². The lowest BCUT2D eigenvalue weighted by molar-refractivity contribution is -0.122. The molecule has 8 heteroatoms. The zero-order valence-corrected chi connectivity index (χ0v) is 19.8. The molecule has 1 aromatic heterocycles. The van der Waals surface area contributed by atoms with Gasteiger partial charge in [-0.2, -0.15) is 5.10 Å². The van der Waals surface area contributed by atoms with Crippen molar-refractivity contribution in [3.8, 4) is 11.5 Å². The molecule has 0 unspecified atom stereocenters. The van der Waals surface area contributed by atoms with E-state index in [0.717, 1.165) is 11.3 Å². The minimum atomic E-state index is -0.336. The van der Waals surface area contributed by atoms with E-state index in [2.05, 4.69) is 10.2 Å². The Morgan fingerprint density at radius 1 is 0.917 bits per heavy atom. The predicted octanol–water partition coefficient (Wildman–Crippen LogP) is 6.72. The zero-order valence-electron chi connectivity index (χ0n) is 19.0. The number of carbonyl (C=O) groups is 1. The zero-order chi connectivity index (χ0) is 24.7. The number of ether oxygens (including phenoxy) is 1. The van der Waals surface area contributed by atoms with Crippen LogP contribution in [0.25, 0.3) is 6.08 Å². The van der Waals surface area contributed by atoms with E-state index < -0.39 is 0 Å². The number of benzene rings is 3. The van der Waals surface area contributed by atoms with E-state index in [1.807, 2.05) is 54.6 Å². The number of furan rings is 1. The van der Waals surface area contributed by atoms with Gasteiger partial charge in [0, 0.05) is 0 Å². The first-order valence-corrected chi connectivity index (χ1v) is 11.9. The van der Waals surface area contributed by atoms with Crippen LogP contribution in [-0.4, -0.2) is 22.2 Å². The summed E-state index contributed by atoms with van der Waals surface area (Å²) >= 11 is 1.20. The molecule has 178 valence electrons. The lowest BCUT2D eigenvalue weighted by Gasteiger charge is -2.12. The van der Waals surface area contributed by atoms with Gasteiger partial charge in [-0.1, -0.05) is 42.5 Å². The van der Waals surface area contributed by atoms with Crippen molar-refractivity contribution in [3.05, 3.63) is 125 Å². The normalized spacial score (nSPS) is 15.9. The third-order valence-electron chi connectivity index (χ3n) is 5.14. The third-order valence-corrected chi connectivity index (χ3v) is 6.13. The van der Waals surface area contributed by atoms with Gasteiger partial charge in [0.2, 0.25) is 0 Å². The predicted molar refractivity (Wildman–Crippen MR) is 139 cm³/mol. The number of amides is 1. The molecule has 0 bridgehead atoms. The molecule has 0 saturated carbocycles. The maximum Gasteiger partial charge on any atom is 0.267 e. The number of hydrogen-bond donors (Lipinski definition) is 0. The Labute approximate surface area is 211 Å². The summed E-state index contributed by atoms with van der Waals surface area (Å²) in [6.07, 6.45) is 4.86. The molecule has 0 N–H and O–H groups in total. The lowest BCUT2D eigenvalue weighted by Crippen LogP contribution is -2.28. The highest BCUT2D eigenvalue weighted by molar-refractivity contribution is 8.18. The molecule has 1 aliphatic rings. The summed E-state index contributed by atoms with van der Waals surface area (Å²) in [6, 6.07) is 26.5. The number of thioether (sulfide) groups is 1. The number of para-hydroxylation sites is 1. The highest BCUT2D eigenvalue weighted by Gasteiger charge is 2.34. The Morgan fingerprint density at radius 3 is 2.50 bits per heavy atom. The number of amidine groups is 1. The summed E-state index contributed by atoms with van der Waals surface area (Å²) < 4.78 is 24.6. The fraction of sp³-hybridized carbons (Fsp3) is 0.0357. The molecular formula is C28H20FN3O3S. The lowest BCUT2D eigenvalue weighted by atomic mass is 10.2. The molecule has 1 amide bonds. The van der Waals surface area contributed by atoms with Gasteiger partial charge in [-0.25, -0.2) is 4.39 Å². The second-order valence-corrected chi connectivity index (χ2v) is 8.76. The van der Waals surface area contributed by atoms with E-state index in [-0.39, 0.29) is 18.3 Å². The number of hydrogen-bond acceptors (Lipinski definition) is 6. The van der Waals surface area contributed by atoms with Crippen LogP contribution in [0.4, 0.5) is 4.39 Å². The van der Waals surface area contributed by atoms with Crippen molar-refractivity contribution in [2.45, 2.75) is 6.54 Å². The van der Waals surface area contributed by atoms with Crippen molar-refractivity contribution in [2.24, 2.45) is 10.2 Å². The Hall–Kier alpha value is -4.43. The molecule has 6 nitrogen and oxygen atoms in total. The average Bonchev–Trinajstić information content (AvgIpc) is 3.51. The van der Waals surface area contributed by atoms with E-state index >= 15 is 0 Å². The second-order valence-electron chi connectivity index (χ2n) is 7.75. The molecule has 0 radical (unpaired) electrons. The van der Waals surface area contributed by atoms with Crippen LogP contribution >= 0.6 is 11.8 Å². The molecule has 3 aromatic carbocycles. The number of carbonyl (C=O) groups excluding carboxylic acids is 1. The minimum absolute atomic E-state index is 0.217. The van der Waals surface area contributed by atoms with Crippen molar-refractivity contribution >= 4 is 35.1 Å². The SMILES string of the molecule is O=C1/C(=C/c2ccc(F)cc2)S/C(=N/N=C\c2cccc(Oc3ccccc3)c2)N1Cc1ccco1. The summed E-state index contributed by atoms with van der Waals surface area (Å²) in [5.41, 5.74) is 1.51. The van der Waals surface area contributed by atoms with Gasteiger partial charge in [0.05, 0.1) is 23.9 Å². The fourth-order valence-electron chi connectivity index (χ4n) is 3.42. The molecule has 4 aromatic rings. The van der Waals surface area contributed by atoms with Crippen LogP contribution in [-0.2, 0) is 11.3 Å². The van der Waals surface area contributed by atoms with Crippen LogP contribution < -0.4 is 4.74 Å². The summed E-state index contributed by atoms with van der Waals surface area (Å²) in [7, 11) is 0. The van der Waals surface area contributed by atoms with Gasteiger partial charge in [0.25, 0.3) is 5.91 Å². The Morgan fingerprint density at radius 2 is 1.72 bits per heavy atom. The van der Waals surface area contributed by atoms with Crippen molar-refractivity contribution in [3.63, 3.8) is 0 Å². The Kier molecular flexibility index (Phi) is 7.05. The van der Waals surface area contributed by atoms with Crippen LogP contribution in [0.1, 0.15) is 16.9 Å². The molecule has 36 heavy (non-hydrogen) atoms. The van der Waals surface area contributed by atoms with Crippen LogP contribution in [0.5, 0.6) is 11.5 Å². The van der Waals surface area contributed by atoms with E-state index in [0.29, 0.717) is 27.1 Å². The Balaban J connectivity index is 1.37. The summed E-state index contributed by atoms with van der Waals surface area (Å²) in [5, 5.41) is 8.96. The first-order valence-electron chi connectivity index (χ1n) is 11.1. The van der Waals surface area contributed by atoms with Gasteiger partial charge in [-0.3, -0.25) is 9.69 Å². The molecule has 1 saturated heterocycles. The molecule has 5 rings (SSSR count). The quantitative estimate of drug-likeness (QED) is 0.162. The van der Waals surface area contributed by atoms with Gasteiger partial charge in [0.15, 0.2) is 5.17 Å². The molecule has 1 aliphatic heterocycles. The number of halogens is 1. The van der Waals surface area contributed by atoms with E-state index in [1.165, 1.54) is 28.8 Å². The van der Waals surface area contributed by atoms with Crippen molar-refractivity contribution in [1.82, 2.24) is 4.90 Å². The highest BCUT2D eigenvalue weighted by Crippen LogP contribution is 2.34. The maximum atomic E-state index is 13.3. The van der Waals surface area contributed by atoms with Crippen LogP contribution in [0.2, 0.25) is 0 Å². The fourth-order valence-corrected chi connectivity index (χ4v) is 4.35. The van der Waals surface area contributed by atoms with Crippen molar-refractivity contribution < 1.29 is 18.3 Å². The highest BCUT2D eigenvalue weighted by atomic mass is 32.2. The van der Waals surface area contributed by atoms with Crippen LogP contribution in [0.3, 0.4) is 0 Å². The molecule has 0 atom stereocenters. The monoisotopic (exact) mass is 497 g/mol. The molecular weight excluding hydrogens is 477 g/mol. The molecule has 1 fully saturated rings. The smallest absolute Gasteiger partial charge is 0.267 e. The van der Waals surface area contributed by atoms with Crippen LogP contribution in [0.15, 0.2) is 117 Å². The summed E-state index contributed by atoms with van der Waals surface area (Å²) in [6.45, 7) is 0.217. The van der Waals surface area contributed by atoms with Gasteiger partial charge in [-0.05, 0) is 77.5 Å². The average molecular weight is 498 g/mol. The number of rotatable bonds is 7. The molecule has 0 aliphatic carbocycles. The standard InChI is InChI=1S/C28H20FN3O3S/c29-22-13-11-20(12-14-22)17-26-27(33)32(19-25-10-5-15-34-25)28(36-26)31-30-18-21-6-4-9-24(16-21)35-23-7-2-1-3-8-23/h1-18H,19H2/b26-17-,30-18-,31-28+. The van der Waals surface area contributed by atoms with Crippen molar-refractivity contribution in [1.29, 1.82) is 0 Å². The number of nitrogens with zero attached hydrogens (tertiary/aromatic N) is 3. The maximum absolute atomic E-state index is 13.3. The van der Waals surface area contributed by atoms with Crippen molar-refractivity contribution in [2.75, 3.05) is 0 Å². The van der Waals surface area contributed by atoms with Gasteiger partial charge in [-0.15, -0.1) is 5.10 Å².